The molecule has 1 N–H and O–H groups in total. The van der Waals surface area contributed by atoms with Crippen molar-refractivity contribution in [3.63, 3.8) is 0 Å². The lowest BCUT2D eigenvalue weighted by Gasteiger charge is -2.23. The lowest BCUT2D eigenvalue weighted by Crippen LogP contribution is -2.32. The normalized spacial score (nSPS) is 22.6. The molecule has 0 unspecified atom stereocenters. The van der Waals surface area contributed by atoms with Crippen LogP contribution in [-0.2, 0) is 0 Å². The number of rotatable bonds is 6. The molecule has 102 valence electrons. The van der Waals surface area contributed by atoms with Crippen molar-refractivity contribution in [3.8, 4) is 0 Å². The van der Waals surface area contributed by atoms with Gasteiger partial charge in [0.05, 0.1) is 0 Å². The van der Waals surface area contributed by atoms with Gasteiger partial charge in [-0.3, -0.25) is 0 Å². The van der Waals surface area contributed by atoms with Crippen molar-refractivity contribution >= 4 is 12.4 Å². The van der Waals surface area contributed by atoms with Crippen molar-refractivity contribution in [2.75, 3.05) is 26.2 Å². The molecule has 17 heavy (non-hydrogen) atoms. The lowest BCUT2D eigenvalue weighted by molar-refractivity contribution is 0.322. The Hall–Kier alpha value is 0.210. The fraction of sp³-hybridized carbons (Fsp3) is 1.00. The minimum Gasteiger partial charge on any atom is -0.314 e. The Labute approximate surface area is 113 Å². The van der Waals surface area contributed by atoms with Gasteiger partial charge in [0.2, 0.25) is 0 Å². The van der Waals surface area contributed by atoms with Gasteiger partial charge in [-0.1, -0.05) is 19.3 Å². The summed E-state index contributed by atoms with van der Waals surface area (Å²) in [4.78, 5) is 2.63. The summed E-state index contributed by atoms with van der Waals surface area (Å²) in [6.07, 6.45) is 12.8. The number of unbranched alkanes of at least 4 members (excludes halogenated alkanes) is 1. The van der Waals surface area contributed by atoms with Crippen molar-refractivity contribution in [1.82, 2.24) is 10.2 Å². The van der Waals surface area contributed by atoms with Crippen LogP contribution in [0.3, 0.4) is 0 Å². The summed E-state index contributed by atoms with van der Waals surface area (Å²) >= 11 is 0. The van der Waals surface area contributed by atoms with Crippen LogP contribution in [0.15, 0.2) is 0 Å². The SMILES string of the molecule is C1CCC(NCCCCN2CCCC2)CC1.Cl. The van der Waals surface area contributed by atoms with E-state index in [4.69, 9.17) is 0 Å². The molecule has 1 saturated carbocycles. The zero-order chi connectivity index (χ0) is 11.1. The molecule has 1 saturated heterocycles. The average molecular weight is 261 g/mol. The van der Waals surface area contributed by atoms with Gasteiger partial charge < -0.3 is 10.2 Å². The molecule has 0 atom stereocenters. The third-order valence-corrected chi connectivity index (χ3v) is 4.14. The zero-order valence-corrected chi connectivity index (χ0v) is 11.9. The summed E-state index contributed by atoms with van der Waals surface area (Å²) in [5.74, 6) is 0. The molecule has 0 bridgehead atoms. The van der Waals surface area contributed by atoms with E-state index in [-0.39, 0.29) is 12.4 Å². The summed E-state index contributed by atoms with van der Waals surface area (Å²) in [6.45, 7) is 5.30. The van der Waals surface area contributed by atoms with Crippen LogP contribution in [0.1, 0.15) is 57.8 Å². The van der Waals surface area contributed by atoms with Crippen molar-refractivity contribution in [3.05, 3.63) is 0 Å². The smallest absolute Gasteiger partial charge is 0.00670 e. The van der Waals surface area contributed by atoms with Gasteiger partial charge in [0.25, 0.3) is 0 Å². The van der Waals surface area contributed by atoms with Crippen LogP contribution in [0.5, 0.6) is 0 Å². The highest BCUT2D eigenvalue weighted by Gasteiger charge is 2.12. The molecule has 0 spiro atoms. The Bertz CT molecular complexity index is 175. The van der Waals surface area contributed by atoms with E-state index in [9.17, 15) is 0 Å². The number of likely N-dealkylation sites (tertiary alicyclic amines) is 1. The van der Waals surface area contributed by atoms with Crippen molar-refractivity contribution < 1.29 is 0 Å². The van der Waals surface area contributed by atoms with Gasteiger partial charge in [0.15, 0.2) is 0 Å². The van der Waals surface area contributed by atoms with Crippen LogP contribution >= 0.6 is 12.4 Å². The molecule has 0 aromatic heterocycles. The predicted octanol–water partition coefficient (Wildman–Crippen LogP) is 3.21. The summed E-state index contributed by atoms with van der Waals surface area (Å²) < 4.78 is 0. The Morgan fingerprint density at radius 1 is 0.882 bits per heavy atom. The summed E-state index contributed by atoms with van der Waals surface area (Å²) in [7, 11) is 0. The summed E-state index contributed by atoms with van der Waals surface area (Å²) in [5, 5.41) is 3.73. The number of nitrogens with zero attached hydrogens (tertiary/aromatic N) is 1. The third kappa shape index (κ3) is 6.08. The summed E-state index contributed by atoms with van der Waals surface area (Å²) in [5.41, 5.74) is 0. The van der Waals surface area contributed by atoms with E-state index >= 15 is 0 Å². The van der Waals surface area contributed by atoms with Crippen LogP contribution in [0.25, 0.3) is 0 Å². The quantitative estimate of drug-likeness (QED) is 0.738. The molecule has 2 rings (SSSR count). The van der Waals surface area contributed by atoms with E-state index < -0.39 is 0 Å². The maximum Gasteiger partial charge on any atom is 0.00670 e. The predicted molar refractivity (Wildman–Crippen MR) is 77.0 cm³/mol. The topological polar surface area (TPSA) is 15.3 Å². The molecule has 2 fully saturated rings. The second kappa shape index (κ2) is 9.18. The van der Waals surface area contributed by atoms with E-state index in [0.717, 1.165) is 6.04 Å². The molecule has 1 heterocycles. The first-order chi connectivity index (χ1) is 7.95. The van der Waals surface area contributed by atoms with Gasteiger partial charge >= 0.3 is 0 Å². The van der Waals surface area contributed by atoms with Crippen LogP contribution < -0.4 is 5.32 Å². The number of nitrogens with one attached hydrogen (secondary N) is 1. The van der Waals surface area contributed by atoms with Crippen LogP contribution in [0.2, 0.25) is 0 Å². The Kier molecular flexibility index (Phi) is 8.25. The van der Waals surface area contributed by atoms with Gasteiger partial charge in [0.1, 0.15) is 0 Å². The monoisotopic (exact) mass is 260 g/mol. The highest BCUT2D eigenvalue weighted by Crippen LogP contribution is 2.17. The molecule has 3 heteroatoms. The largest absolute Gasteiger partial charge is 0.314 e. The van der Waals surface area contributed by atoms with Gasteiger partial charge in [-0.15, -0.1) is 12.4 Å². The minimum atomic E-state index is 0. The average Bonchev–Trinajstić information content (AvgIpc) is 2.83. The van der Waals surface area contributed by atoms with E-state index in [0.29, 0.717) is 0 Å². The number of hydrogen-bond donors (Lipinski definition) is 1. The van der Waals surface area contributed by atoms with Gasteiger partial charge in [-0.25, -0.2) is 0 Å². The molecule has 0 amide bonds. The molecule has 2 nitrogen and oxygen atoms in total. The first-order valence-corrected chi connectivity index (χ1v) is 7.41. The Morgan fingerprint density at radius 3 is 2.29 bits per heavy atom. The first kappa shape index (κ1) is 15.3. The molecule has 0 radical (unpaired) electrons. The van der Waals surface area contributed by atoms with Gasteiger partial charge in [0, 0.05) is 6.04 Å². The van der Waals surface area contributed by atoms with E-state index in [1.54, 1.807) is 0 Å². The maximum absolute atomic E-state index is 3.73. The highest BCUT2D eigenvalue weighted by molar-refractivity contribution is 5.85. The van der Waals surface area contributed by atoms with Crippen LogP contribution in [0, 0.1) is 0 Å². The maximum atomic E-state index is 3.73. The molecule has 1 aliphatic heterocycles. The van der Waals surface area contributed by atoms with Crippen LogP contribution in [-0.4, -0.2) is 37.1 Å². The second-order valence-electron chi connectivity index (χ2n) is 5.54. The Balaban J connectivity index is 0.00000144. The van der Waals surface area contributed by atoms with Gasteiger partial charge in [-0.05, 0) is 64.7 Å². The van der Waals surface area contributed by atoms with Crippen molar-refractivity contribution in [1.29, 1.82) is 0 Å². The van der Waals surface area contributed by atoms with Crippen molar-refractivity contribution in [2.45, 2.75) is 63.8 Å². The molecule has 0 aromatic rings. The van der Waals surface area contributed by atoms with Crippen molar-refractivity contribution in [2.24, 2.45) is 0 Å². The molecular formula is C14H29ClN2. The van der Waals surface area contributed by atoms with Gasteiger partial charge in [-0.2, -0.15) is 0 Å². The van der Waals surface area contributed by atoms with E-state index in [2.05, 4.69) is 10.2 Å². The standard InChI is InChI=1S/C14H28N2.ClH/c1-2-8-14(9-3-1)15-10-4-5-11-16-12-6-7-13-16;/h14-15H,1-13H2;1H. The fourth-order valence-electron chi connectivity index (χ4n) is 3.08. The molecule has 1 aliphatic carbocycles. The Morgan fingerprint density at radius 2 is 1.59 bits per heavy atom. The first-order valence-electron chi connectivity index (χ1n) is 7.41. The highest BCUT2D eigenvalue weighted by atomic mass is 35.5. The van der Waals surface area contributed by atoms with E-state index in [1.165, 1.54) is 84.0 Å². The molecule has 0 aromatic carbocycles. The second-order valence-corrected chi connectivity index (χ2v) is 5.54. The number of halogens is 1. The molecular weight excluding hydrogens is 232 g/mol. The number of hydrogen-bond acceptors (Lipinski definition) is 2. The zero-order valence-electron chi connectivity index (χ0n) is 11.1. The third-order valence-electron chi connectivity index (χ3n) is 4.14. The van der Waals surface area contributed by atoms with E-state index in [1.807, 2.05) is 0 Å². The summed E-state index contributed by atoms with van der Waals surface area (Å²) in [6, 6.07) is 0.848. The minimum absolute atomic E-state index is 0. The molecule has 2 aliphatic rings. The fourth-order valence-corrected chi connectivity index (χ4v) is 3.08. The van der Waals surface area contributed by atoms with Crippen LogP contribution in [0.4, 0.5) is 0 Å². The lowest BCUT2D eigenvalue weighted by atomic mass is 9.95.